The Bertz CT molecular complexity index is 512. The molecular formula is C7H5F11O3S. The molecule has 0 amide bonds. The molecule has 22 heavy (non-hydrogen) atoms. The molecule has 0 aromatic rings. The van der Waals surface area contributed by atoms with Gasteiger partial charge in [0.25, 0.3) is 10.1 Å². The molecule has 0 aromatic heterocycles. The van der Waals surface area contributed by atoms with Gasteiger partial charge in [0, 0.05) is 0 Å². The fourth-order valence-electron chi connectivity index (χ4n) is 1.06. The third-order valence-corrected chi connectivity index (χ3v) is 2.97. The molecule has 0 saturated carbocycles. The van der Waals surface area contributed by atoms with Crippen molar-refractivity contribution in [1.29, 1.82) is 0 Å². The average Bonchev–Trinajstić information content (AvgIpc) is 2.24. The molecule has 15 heteroatoms. The third-order valence-electron chi connectivity index (χ3n) is 2.24. The van der Waals surface area contributed by atoms with E-state index in [4.69, 9.17) is 4.55 Å². The lowest BCUT2D eigenvalue weighted by atomic mass is 9.95. The van der Waals surface area contributed by atoms with Crippen molar-refractivity contribution in [2.45, 2.75) is 29.6 Å². The van der Waals surface area contributed by atoms with E-state index in [0.717, 1.165) is 0 Å². The average molecular weight is 378 g/mol. The standard InChI is InChI=1S/C7H5F11O3S/c8-1-3(9,10)5(13,14)7(17,18)6(15,16)4(11,12)2-22(19,20)21/h1-2H2,(H,19,20,21). The van der Waals surface area contributed by atoms with Crippen LogP contribution in [0.4, 0.5) is 48.3 Å². The zero-order valence-electron chi connectivity index (χ0n) is 9.74. The van der Waals surface area contributed by atoms with Gasteiger partial charge >= 0.3 is 29.6 Å². The van der Waals surface area contributed by atoms with Crippen LogP contribution in [0.25, 0.3) is 0 Å². The Morgan fingerprint density at radius 3 is 1.27 bits per heavy atom. The number of hydrogen-bond donors (Lipinski definition) is 1. The van der Waals surface area contributed by atoms with Crippen LogP contribution in [0.2, 0.25) is 0 Å². The molecule has 0 heterocycles. The Labute approximate surface area is 114 Å². The van der Waals surface area contributed by atoms with E-state index in [1.165, 1.54) is 0 Å². The minimum absolute atomic E-state index is 3.46. The zero-order valence-corrected chi connectivity index (χ0v) is 10.6. The highest BCUT2D eigenvalue weighted by molar-refractivity contribution is 7.85. The van der Waals surface area contributed by atoms with Crippen LogP contribution in [0.15, 0.2) is 0 Å². The van der Waals surface area contributed by atoms with Crippen LogP contribution in [0.1, 0.15) is 0 Å². The Morgan fingerprint density at radius 2 is 1.00 bits per heavy atom. The zero-order chi connectivity index (χ0) is 18.4. The van der Waals surface area contributed by atoms with Crippen LogP contribution in [-0.4, -0.2) is 55.0 Å². The molecule has 0 spiro atoms. The molecule has 0 fully saturated rings. The monoisotopic (exact) mass is 378 g/mol. The highest BCUT2D eigenvalue weighted by atomic mass is 32.2. The lowest BCUT2D eigenvalue weighted by molar-refractivity contribution is -0.399. The maximum Gasteiger partial charge on any atom is 0.384 e. The smallest absolute Gasteiger partial charge is 0.285 e. The summed E-state index contributed by atoms with van der Waals surface area (Å²) in [6, 6.07) is 0. The van der Waals surface area contributed by atoms with Crippen LogP contribution >= 0.6 is 0 Å². The quantitative estimate of drug-likeness (QED) is 0.548. The molecule has 0 aromatic carbocycles. The van der Waals surface area contributed by atoms with Crippen molar-refractivity contribution in [3.63, 3.8) is 0 Å². The SMILES string of the molecule is O=S(=O)(O)CC(F)(F)C(F)(F)C(F)(F)C(F)(F)C(F)(F)CF. The summed E-state index contributed by atoms with van der Waals surface area (Å²) in [5, 5.41) is 0. The summed E-state index contributed by atoms with van der Waals surface area (Å²) >= 11 is 0. The van der Waals surface area contributed by atoms with Gasteiger partial charge in [0.2, 0.25) is 0 Å². The van der Waals surface area contributed by atoms with Gasteiger partial charge < -0.3 is 0 Å². The van der Waals surface area contributed by atoms with Crippen LogP contribution in [-0.2, 0) is 10.1 Å². The van der Waals surface area contributed by atoms with E-state index < -0.39 is 52.2 Å². The summed E-state index contributed by atoms with van der Waals surface area (Å²) in [4.78, 5) is 0. The molecule has 0 unspecified atom stereocenters. The maximum absolute atomic E-state index is 12.9. The first-order valence-electron chi connectivity index (χ1n) is 4.67. The van der Waals surface area contributed by atoms with Gasteiger partial charge in [0.15, 0.2) is 6.67 Å². The van der Waals surface area contributed by atoms with Crippen molar-refractivity contribution in [2.75, 3.05) is 12.4 Å². The fraction of sp³-hybridized carbons (Fsp3) is 1.00. The molecule has 3 nitrogen and oxygen atoms in total. The lowest BCUT2D eigenvalue weighted by Crippen LogP contribution is -2.68. The molecule has 1 N–H and O–H groups in total. The van der Waals surface area contributed by atoms with Gasteiger partial charge in [0.1, 0.15) is 5.75 Å². The predicted molar refractivity (Wildman–Crippen MR) is 47.1 cm³/mol. The fourth-order valence-corrected chi connectivity index (χ4v) is 1.70. The van der Waals surface area contributed by atoms with Crippen molar-refractivity contribution in [3.05, 3.63) is 0 Å². The Balaban J connectivity index is 6.07. The summed E-state index contributed by atoms with van der Waals surface area (Å²) in [5.74, 6) is -38.7. The first kappa shape index (κ1) is 21.1. The lowest BCUT2D eigenvalue weighted by Gasteiger charge is -2.38. The summed E-state index contributed by atoms with van der Waals surface area (Å²) in [5.41, 5.74) is 0. The maximum atomic E-state index is 12.9. The summed E-state index contributed by atoms with van der Waals surface area (Å²) in [6.07, 6.45) is 0. The number of hydrogen-bond acceptors (Lipinski definition) is 2. The van der Waals surface area contributed by atoms with Crippen molar-refractivity contribution < 1.29 is 61.3 Å². The molecular weight excluding hydrogens is 373 g/mol. The van der Waals surface area contributed by atoms with Crippen molar-refractivity contribution in [2.24, 2.45) is 0 Å². The van der Waals surface area contributed by atoms with Crippen LogP contribution in [0.5, 0.6) is 0 Å². The van der Waals surface area contributed by atoms with Gasteiger partial charge in [-0.25, -0.2) is 4.39 Å². The van der Waals surface area contributed by atoms with E-state index in [1.54, 1.807) is 0 Å². The Morgan fingerprint density at radius 1 is 0.682 bits per heavy atom. The van der Waals surface area contributed by atoms with Crippen molar-refractivity contribution in [3.8, 4) is 0 Å². The number of halogens is 11. The van der Waals surface area contributed by atoms with E-state index >= 15 is 0 Å². The molecule has 0 rings (SSSR count). The van der Waals surface area contributed by atoms with Gasteiger partial charge in [-0.15, -0.1) is 0 Å². The molecule has 0 saturated heterocycles. The van der Waals surface area contributed by atoms with Gasteiger partial charge in [-0.05, 0) is 0 Å². The highest BCUT2D eigenvalue weighted by Gasteiger charge is 2.86. The molecule has 0 aliphatic heterocycles. The van der Waals surface area contributed by atoms with Crippen LogP contribution in [0, 0.1) is 0 Å². The van der Waals surface area contributed by atoms with E-state index in [0.29, 0.717) is 0 Å². The second-order valence-corrected chi connectivity index (χ2v) is 5.44. The van der Waals surface area contributed by atoms with E-state index in [2.05, 4.69) is 0 Å². The molecule has 0 radical (unpaired) electrons. The number of alkyl halides is 11. The Kier molecular flexibility index (Phi) is 5.14. The summed E-state index contributed by atoms with van der Waals surface area (Å²) in [7, 11) is -6.08. The van der Waals surface area contributed by atoms with Gasteiger partial charge in [0.05, 0.1) is 0 Å². The number of rotatable bonds is 7. The highest BCUT2D eigenvalue weighted by Crippen LogP contribution is 2.57. The molecule has 134 valence electrons. The molecule has 0 aliphatic carbocycles. The van der Waals surface area contributed by atoms with Crippen LogP contribution < -0.4 is 0 Å². The minimum atomic E-state index is -7.55. The van der Waals surface area contributed by atoms with Crippen LogP contribution in [0.3, 0.4) is 0 Å². The van der Waals surface area contributed by atoms with Crippen molar-refractivity contribution in [1.82, 2.24) is 0 Å². The molecule has 0 atom stereocenters. The topological polar surface area (TPSA) is 54.4 Å². The summed E-state index contributed by atoms with van der Waals surface area (Å²) in [6.45, 7) is -3.59. The van der Waals surface area contributed by atoms with E-state index in [-0.39, 0.29) is 0 Å². The van der Waals surface area contributed by atoms with Crippen molar-refractivity contribution >= 4 is 10.1 Å². The molecule has 0 aliphatic rings. The second kappa shape index (κ2) is 5.35. The minimum Gasteiger partial charge on any atom is -0.285 e. The van der Waals surface area contributed by atoms with E-state index in [9.17, 15) is 56.7 Å². The van der Waals surface area contributed by atoms with Gasteiger partial charge in [-0.2, -0.15) is 52.3 Å². The first-order valence-corrected chi connectivity index (χ1v) is 6.28. The first-order chi connectivity index (χ1) is 9.27. The third kappa shape index (κ3) is 3.23. The van der Waals surface area contributed by atoms with Gasteiger partial charge in [-0.1, -0.05) is 0 Å². The summed E-state index contributed by atoms with van der Waals surface area (Å²) < 4.78 is 167. The largest absolute Gasteiger partial charge is 0.384 e. The predicted octanol–water partition coefficient (Wildman–Crippen LogP) is 3.02. The molecule has 0 bridgehead atoms. The second-order valence-electron chi connectivity index (χ2n) is 3.99. The van der Waals surface area contributed by atoms with Gasteiger partial charge in [-0.3, -0.25) is 4.55 Å². The van der Waals surface area contributed by atoms with E-state index in [1.807, 2.05) is 0 Å². The normalized spacial score (nSPS) is 16.0. The Hall–Kier alpha value is -0.860.